The van der Waals surface area contributed by atoms with Crippen LogP contribution in [0, 0.1) is 11.3 Å². The average Bonchev–Trinajstić information content (AvgIpc) is 1.98. The highest BCUT2D eigenvalue weighted by Gasteiger charge is 2.39. The predicted octanol–water partition coefficient (Wildman–Crippen LogP) is 1.47. The molecule has 0 aromatic heterocycles. The van der Waals surface area contributed by atoms with Crippen molar-refractivity contribution < 1.29 is 10.0 Å². The molecule has 74 valence electrons. The minimum Gasteiger partial charge on any atom is -0.427 e. The Labute approximate surface area is 81.5 Å². The predicted molar refractivity (Wildman–Crippen MR) is 56.9 cm³/mol. The lowest BCUT2D eigenvalue weighted by atomic mass is 9.81. The van der Waals surface area contributed by atoms with Crippen molar-refractivity contribution in [3.63, 3.8) is 0 Å². The first-order chi connectivity index (χ1) is 5.73. The van der Waals surface area contributed by atoms with Crippen LogP contribution in [0.15, 0.2) is 0 Å². The quantitative estimate of drug-likeness (QED) is 0.674. The van der Waals surface area contributed by atoms with E-state index >= 15 is 0 Å². The van der Waals surface area contributed by atoms with Gasteiger partial charge in [0.2, 0.25) is 0 Å². The highest BCUT2D eigenvalue weighted by molar-refractivity contribution is 6.79. The number of hydrogen-bond acceptors (Lipinski definition) is 3. The van der Waals surface area contributed by atoms with Crippen LogP contribution >= 0.6 is 0 Å². The first-order valence-electron chi connectivity index (χ1n) is 4.50. The molecule has 0 aliphatic heterocycles. The van der Waals surface area contributed by atoms with Crippen LogP contribution in [-0.2, 0) is 0 Å². The Hall–Kier alpha value is -0.308. The van der Waals surface area contributed by atoms with E-state index in [2.05, 4.69) is 25.7 Å². The van der Waals surface area contributed by atoms with Gasteiger partial charge in [-0.05, 0) is 19.7 Å². The molecule has 0 saturated heterocycles. The summed E-state index contributed by atoms with van der Waals surface area (Å²) in [6.45, 7) is 8.29. The fourth-order valence-corrected chi connectivity index (χ4v) is 2.25. The lowest BCUT2D eigenvalue weighted by Crippen LogP contribution is -2.37. The van der Waals surface area contributed by atoms with Crippen molar-refractivity contribution in [1.29, 1.82) is 5.26 Å². The molecule has 13 heavy (non-hydrogen) atoms. The van der Waals surface area contributed by atoms with Gasteiger partial charge in [-0.25, -0.2) is 0 Å². The Balaban J connectivity index is 4.41. The summed E-state index contributed by atoms with van der Waals surface area (Å²) in [4.78, 5) is 0. The Bertz CT molecular complexity index is 209. The third-order valence-corrected chi connectivity index (χ3v) is 6.48. The summed E-state index contributed by atoms with van der Waals surface area (Å²) in [7, 11) is -2.85. The van der Waals surface area contributed by atoms with Gasteiger partial charge in [0.15, 0.2) is 0 Å². The van der Waals surface area contributed by atoms with Crippen LogP contribution in [0.2, 0.25) is 31.0 Å². The van der Waals surface area contributed by atoms with Gasteiger partial charge < -0.3 is 10.0 Å². The Morgan fingerprint density at radius 1 is 1.38 bits per heavy atom. The van der Waals surface area contributed by atoms with E-state index in [1.165, 1.54) is 0 Å². The molecule has 1 unspecified atom stereocenters. The van der Waals surface area contributed by atoms with E-state index in [0.29, 0.717) is 6.42 Å². The lowest BCUT2D eigenvalue weighted by Gasteiger charge is -2.34. The number of hydrogen-bond donors (Lipinski definition) is 2. The monoisotopic (exact) mass is 199 g/mol. The molecular formula is C8H18BNO2Si. The van der Waals surface area contributed by atoms with Crippen molar-refractivity contribution in [1.82, 2.24) is 0 Å². The highest BCUT2D eigenvalue weighted by Crippen LogP contribution is 2.41. The Morgan fingerprint density at radius 3 is 2.08 bits per heavy atom. The zero-order valence-electron chi connectivity index (χ0n) is 8.83. The van der Waals surface area contributed by atoms with Gasteiger partial charge in [0.05, 0.1) is 14.1 Å². The van der Waals surface area contributed by atoms with Gasteiger partial charge in [-0.1, -0.05) is 19.6 Å². The normalized spacial score (nSPS) is 16.1. The second-order valence-corrected chi connectivity index (χ2v) is 10.3. The maximum absolute atomic E-state index is 9.06. The van der Waals surface area contributed by atoms with E-state index in [4.69, 9.17) is 15.3 Å². The van der Waals surface area contributed by atoms with Gasteiger partial charge in [-0.15, -0.1) is 0 Å². The van der Waals surface area contributed by atoms with E-state index in [0.717, 1.165) is 0 Å². The van der Waals surface area contributed by atoms with Crippen molar-refractivity contribution >= 4 is 15.2 Å². The van der Waals surface area contributed by atoms with Crippen LogP contribution in [0.4, 0.5) is 0 Å². The summed E-state index contributed by atoms with van der Waals surface area (Å²) in [6, 6.07) is 2.31. The molecule has 0 aliphatic carbocycles. The largest absolute Gasteiger partial charge is 0.451 e. The molecule has 0 fully saturated rings. The number of nitriles is 1. The molecule has 3 nitrogen and oxygen atoms in total. The van der Waals surface area contributed by atoms with E-state index in [1.807, 2.05) is 6.92 Å². The Morgan fingerprint density at radius 2 is 1.85 bits per heavy atom. The molecule has 0 amide bonds. The van der Waals surface area contributed by atoms with Gasteiger partial charge in [0.25, 0.3) is 0 Å². The first-order valence-corrected chi connectivity index (χ1v) is 8.00. The summed E-state index contributed by atoms with van der Waals surface area (Å²) >= 11 is 0. The average molecular weight is 199 g/mol. The molecule has 0 spiro atoms. The molecule has 0 saturated carbocycles. The van der Waals surface area contributed by atoms with E-state index in [-0.39, 0.29) is 11.4 Å². The third-order valence-electron chi connectivity index (χ3n) is 2.80. The third kappa shape index (κ3) is 3.51. The second-order valence-electron chi connectivity index (χ2n) is 4.71. The molecular weight excluding hydrogens is 181 g/mol. The molecule has 0 radical (unpaired) electrons. The summed E-state index contributed by atoms with van der Waals surface area (Å²) in [5, 5.41) is 26.2. The van der Waals surface area contributed by atoms with Crippen LogP contribution in [0.5, 0.6) is 0 Å². The van der Waals surface area contributed by atoms with Gasteiger partial charge in [0.1, 0.15) is 0 Å². The SMILES string of the molecule is CC(C#N)(CCB(O)O)[Si](C)(C)C. The molecule has 1 atom stereocenters. The lowest BCUT2D eigenvalue weighted by molar-refractivity contribution is 0.400. The minimum absolute atomic E-state index is 0.286. The minimum atomic E-state index is -1.56. The molecule has 0 heterocycles. The van der Waals surface area contributed by atoms with Gasteiger partial charge in [-0.2, -0.15) is 5.26 Å². The van der Waals surface area contributed by atoms with Gasteiger partial charge in [-0.3, -0.25) is 0 Å². The summed E-state index contributed by atoms with van der Waals surface area (Å²) in [5.74, 6) is 0. The summed E-state index contributed by atoms with van der Waals surface area (Å²) in [5.41, 5.74) is 0. The number of rotatable bonds is 4. The molecule has 5 heteroatoms. The zero-order chi connectivity index (χ0) is 10.7. The van der Waals surface area contributed by atoms with Crippen LogP contribution in [0.3, 0.4) is 0 Å². The molecule has 0 aliphatic rings. The van der Waals surface area contributed by atoms with Crippen LogP contribution in [0.25, 0.3) is 0 Å². The van der Waals surface area contributed by atoms with Crippen molar-refractivity contribution in [2.75, 3.05) is 0 Å². The Kier molecular flexibility index (Phi) is 4.17. The molecule has 0 aromatic carbocycles. The van der Waals surface area contributed by atoms with E-state index in [1.54, 1.807) is 0 Å². The molecule has 0 aromatic rings. The maximum atomic E-state index is 9.06. The zero-order valence-corrected chi connectivity index (χ0v) is 9.83. The van der Waals surface area contributed by atoms with Gasteiger partial charge >= 0.3 is 7.12 Å². The van der Waals surface area contributed by atoms with Crippen LogP contribution in [-0.4, -0.2) is 25.2 Å². The second kappa shape index (κ2) is 4.27. The first kappa shape index (κ1) is 12.7. The van der Waals surface area contributed by atoms with Crippen molar-refractivity contribution in [2.24, 2.45) is 0 Å². The van der Waals surface area contributed by atoms with Gasteiger partial charge in [0, 0.05) is 5.04 Å². The summed E-state index contributed by atoms with van der Waals surface area (Å²) in [6.07, 6.45) is 0.852. The standard InChI is InChI=1S/C8H18BNO2Si/c1-8(7-10,13(2,3)4)5-6-9(11)12/h11-12H,5-6H2,1-4H3. The fourth-order valence-electron chi connectivity index (χ4n) is 1.02. The number of nitrogens with zero attached hydrogens (tertiary/aromatic N) is 1. The van der Waals surface area contributed by atoms with Crippen molar-refractivity contribution in [3.8, 4) is 6.07 Å². The van der Waals surface area contributed by atoms with Crippen LogP contribution in [0.1, 0.15) is 13.3 Å². The van der Waals surface area contributed by atoms with E-state index < -0.39 is 15.2 Å². The highest BCUT2D eigenvalue weighted by atomic mass is 28.3. The fraction of sp³-hybridized carbons (Fsp3) is 0.875. The van der Waals surface area contributed by atoms with Crippen molar-refractivity contribution in [3.05, 3.63) is 0 Å². The topological polar surface area (TPSA) is 64.2 Å². The summed E-state index contributed by atoms with van der Waals surface area (Å²) < 4.78 is 0. The molecule has 0 rings (SSSR count). The smallest absolute Gasteiger partial charge is 0.427 e. The molecule has 0 bridgehead atoms. The van der Waals surface area contributed by atoms with Crippen LogP contribution < -0.4 is 0 Å². The van der Waals surface area contributed by atoms with Crippen molar-refractivity contribution in [2.45, 2.75) is 44.3 Å². The molecule has 2 N–H and O–H groups in total. The maximum Gasteiger partial charge on any atom is 0.451 e. The van der Waals surface area contributed by atoms with E-state index in [9.17, 15) is 0 Å².